The summed E-state index contributed by atoms with van der Waals surface area (Å²) < 4.78 is 31.1. The molecule has 5 nitrogen and oxygen atoms in total. The SMILES string of the molecule is CS(=O)(=O)O.OCC#CCOc1ccccc1. The third kappa shape index (κ3) is 14.5. The molecule has 1 rings (SSSR count). The first kappa shape index (κ1) is 15.4. The molecule has 0 aliphatic carbocycles. The second-order valence-electron chi connectivity index (χ2n) is 2.85. The van der Waals surface area contributed by atoms with Gasteiger partial charge in [-0.05, 0) is 12.1 Å². The van der Waals surface area contributed by atoms with Crippen LogP contribution < -0.4 is 4.74 Å². The molecular formula is C11H14O5S. The van der Waals surface area contributed by atoms with Crippen LogP contribution in [0.4, 0.5) is 0 Å². The van der Waals surface area contributed by atoms with Gasteiger partial charge in [0.25, 0.3) is 10.1 Å². The number of aliphatic hydroxyl groups excluding tert-OH is 1. The molecule has 0 heterocycles. The molecular weight excluding hydrogens is 244 g/mol. The zero-order chi connectivity index (χ0) is 13.1. The number of aliphatic hydroxyl groups is 1. The van der Waals surface area contributed by atoms with E-state index in [4.69, 9.17) is 14.4 Å². The molecule has 0 atom stereocenters. The maximum Gasteiger partial charge on any atom is 0.261 e. The van der Waals surface area contributed by atoms with E-state index in [-0.39, 0.29) is 6.61 Å². The lowest BCUT2D eigenvalue weighted by Gasteiger charge is -1.99. The standard InChI is InChI=1S/C10H10O2.CH4O3S/c11-8-4-5-9-12-10-6-2-1-3-7-10;1-5(2,3)4/h1-3,6-7,11H,8-9H2;1H3,(H,2,3,4). The molecule has 0 aliphatic heterocycles. The highest BCUT2D eigenvalue weighted by Crippen LogP contribution is 2.07. The first-order valence-corrected chi connectivity index (χ1v) is 6.45. The van der Waals surface area contributed by atoms with E-state index in [0.717, 1.165) is 5.75 Å². The topological polar surface area (TPSA) is 83.8 Å². The lowest BCUT2D eigenvalue weighted by Crippen LogP contribution is -1.93. The third-order valence-corrected chi connectivity index (χ3v) is 1.26. The molecule has 17 heavy (non-hydrogen) atoms. The van der Waals surface area contributed by atoms with Crippen LogP contribution in [0.1, 0.15) is 0 Å². The quantitative estimate of drug-likeness (QED) is 0.598. The van der Waals surface area contributed by atoms with Crippen LogP contribution >= 0.6 is 0 Å². The Bertz CT molecular complexity index is 448. The molecule has 0 aliphatic rings. The summed E-state index contributed by atoms with van der Waals surface area (Å²) in [4.78, 5) is 0. The van der Waals surface area contributed by atoms with E-state index in [1.165, 1.54) is 0 Å². The molecule has 6 heteroatoms. The van der Waals surface area contributed by atoms with Crippen molar-refractivity contribution in [2.24, 2.45) is 0 Å². The minimum atomic E-state index is -3.67. The number of rotatable bonds is 2. The van der Waals surface area contributed by atoms with Gasteiger partial charge in [0.05, 0.1) is 6.26 Å². The van der Waals surface area contributed by atoms with Gasteiger partial charge in [-0.25, -0.2) is 0 Å². The Labute approximate surface area is 101 Å². The molecule has 0 spiro atoms. The lowest BCUT2D eigenvalue weighted by atomic mass is 10.3. The van der Waals surface area contributed by atoms with Crippen molar-refractivity contribution in [3.8, 4) is 17.6 Å². The maximum atomic E-state index is 9.19. The van der Waals surface area contributed by atoms with Gasteiger partial charge < -0.3 is 9.84 Å². The van der Waals surface area contributed by atoms with Crippen molar-refractivity contribution in [2.45, 2.75) is 0 Å². The highest BCUT2D eigenvalue weighted by atomic mass is 32.2. The molecule has 1 aromatic rings. The Hall–Kier alpha value is -1.55. The Morgan fingerprint density at radius 1 is 1.24 bits per heavy atom. The highest BCUT2D eigenvalue weighted by Gasteiger charge is 1.85. The predicted octanol–water partition coefficient (Wildman–Crippen LogP) is 0.565. The van der Waals surface area contributed by atoms with Crippen LogP contribution in [0.5, 0.6) is 5.75 Å². The Kier molecular flexibility index (Phi) is 7.80. The molecule has 0 fully saturated rings. The third-order valence-electron chi connectivity index (χ3n) is 1.26. The van der Waals surface area contributed by atoms with Crippen LogP contribution in [0.15, 0.2) is 30.3 Å². The van der Waals surface area contributed by atoms with Crippen molar-refractivity contribution in [2.75, 3.05) is 19.5 Å². The minimum Gasteiger partial charge on any atom is -0.481 e. The molecule has 0 radical (unpaired) electrons. The van der Waals surface area contributed by atoms with Crippen LogP contribution in [0.3, 0.4) is 0 Å². The zero-order valence-electron chi connectivity index (χ0n) is 9.33. The second kappa shape index (κ2) is 8.58. The summed E-state index contributed by atoms with van der Waals surface area (Å²) in [6.07, 6.45) is 0.715. The van der Waals surface area contributed by atoms with Crippen molar-refractivity contribution in [1.82, 2.24) is 0 Å². The number of hydrogen-bond acceptors (Lipinski definition) is 4. The molecule has 94 valence electrons. The van der Waals surface area contributed by atoms with Gasteiger partial charge in [0, 0.05) is 0 Å². The number of para-hydroxylation sites is 1. The zero-order valence-corrected chi connectivity index (χ0v) is 10.1. The fourth-order valence-corrected chi connectivity index (χ4v) is 0.743. The van der Waals surface area contributed by atoms with Crippen molar-refractivity contribution in [3.63, 3.8) is 0 Å². The molecule has 0 saturated heterocycles. The first-order valence-electron chi connectivity index (χ1n) is 4.60. The predicted molar refractivity (Wildman–Crippen MR) is 64.3 cm³/mol. The Morgan fingerprint density at radius 3 is 2.24 bits per heavy atom. The second-order valence-corrected chi connectivity index (χ2v) is 4.31. The van der Waals surface area contributed by atoms with Crippen molar-refractivity contribution < 1.29 is 22.8 Å². The summed E-state index contributed by atoms with van der Waals surface area (Å²) in [6, 6.07) is 9.44. The molecule has 0 amide bonds. The normalized spacial score (nSPS) is 9.35. The average molecular weight is 258 g/mol. The first-order chi connectivity index (χ1) is 7.93. The average Bonchev–Trinajstić information content (AvgIpc) is 2.24. The molecule has 0 bridgehead atoms. The van der Waals surface area contributed by atoms with Gasteiger partial charge in [-0.1, -0.05) is 30.0 Å². The van der Waals surface area contributed by atoms with Crippen molar-refractivity contribution in [1.29, 1.82) is 0 Å². The van der Waals surface area contributed by atoms with Gasteiger partial charge in [-0.3, -0.25) is 4.55 Å². The summed E-state index contributed by atoms with van der Waals surface area (Å²) in [6.45, 7) is 0.211. The summed E-state index contributed by atoms with van der Waals surface area (Å²) in [7, 11) is -3.67. The van der Waals surface area contributed by atoms with Gasteiger partial charge in [-0.15, -0.1) is 0 Å². The summed E-state index contributed by atoms with van der Waals surface area (Å²) in [5, 5.41) is 8.33. The van der Waals surface area contributed by atoms with Crippen molar-refractivity contribution >= 4 is 10.1 Å². The summed E-state index contributed by atoms with van der Waals surface area (Å²) in [5.41, 5.74) is 0. The van der Waals surface area contributed by atoms with E-state index in [1.54, 1.807) is 0 Å². The van der Waals surface area contributed by atoms with E-state index < -0.39 is 10.1 Å². The Balaban J connectivity index is 0.000000437. The number of ether oxygens (including phenoxy) is 1. The molecule has 0 unspecified atom stereocenters. The van der Waals surface area contributed by atoms with Crippen LogP contribution in [0.25, 0.3) is 0 Å². The van der Waals surface area contributed by atoms with Gasteiger partial charge in [0.2, 0.25) is 0 Å². The van der Waals surface area contributed by atoms with Crippen LogP contribution in [0.2, 0.25) is 0 Å². The fourth-order valence-electron chi connectivity index (χ4n) is 0.743. The largest absolute Gasteiger partial charge is 0.481 e. The van der Waals surface area contributed by atoms with Gasteiger partial charge in [-0.2, -0.15) is 8.42 Å². The lowest BCUT2D eigenvalue weighted by molar-refractivity contribution is 0.347. The summed E-state index contributed by atoms with van der Waals surface area (Å²) >= 11 is 0. The van der Waals surface area contributed by atoms with Gasteiger partial charge in [0.1, 0.15) is 19.0 Å². The van der Waals surface area contributed by atoms with E-state index in [0.29, 0.717) is 12.9 Å². The number of benzene rings is 1. The van der Waals surface area contributed by atoms with E-state index >= 15 is 0 Å². The number of hydrogen-bond donors (Lipinski definition) is 2. The van der Waals surface area contributed by atoms with Crippen molar-refractivity contribution in [3.05, 3.63) is 30.3 Å². The van der Waals surface area contributed by atoms with Crippen LogP contribution in [0, 0.1) is 11.8 Å². The van der Waals surface area contributed by atoms with E-state index in [1.807, 2.05) is 30.3 Å². The fraction of sp³-hybridized carbons (Fsp3) is 0.273. The smallest absolute Gasteiger partial charge is 0.261 e. The monoisotopic (exact) mass is 258 g/mol. The molecule has 0 saturated carbocycles. The molecule has 2 N–H and O–H groups in total. The van der Waals surface area contributed by atoms with E-state index in [9.17, 15) is 8.42 Å². The molecule has 0 aromatic heterocycles. The maximum absolute atomic E-state index is 9.19. The van der Waals surface area contributed by atoms with Crippen LogP contribution in [-0.4, -0.2) is 37.5 Å². The highest BCUT2D eigenvalue weighted by molar-refractivity contribution is 7.85. The van der Waals surface area contributed by atoms with Gasteiger partial charge >= 0.3 is 0 Å². The molecule has 1 aromatic carbocycles. The van der Waals surface area contributed by atoms with Crippen LogP contribution in [-0.2, 0) is 10.1 Å². The van der Waals surface area contributed by atoms with Gasteiger partial charge in [0.15, 0.2) is 0 Å². The summed E-state index contributed by atoms with van der Waals surface area (Å²) in [5.74, 6) is 5.96. The van der Waals surface area contributed by atoms with E-state index in [2.05, 4.69) is 11.8 Å². The Morgan fingerprint density at radius 2 is 1.76 bits per heavy atom. The minimum absolute atomic E-state index is 0.113.